The first-order valence-electron chi connectivity index (χ1n) is 4.07. The normalized spacial score (nSPS) is 24.6. The zero-order valence-electron chi connectivity index (χ0n) is 7.09. The fraction of sp³-hybridized carbons (Fsp3) is 1.00. The molecule has 0 aromatic rings. The Hall–Kier alpha value is -0.0900. The Kier molecular flexibility index (Phi) is 2.54. The minimum atomic E-state index is -2.51. The van der Waals surface area contributed by atoms with Crippen molar-refractivity contribution in [2.24, 2.45) is 0 Å². The van der Waals surface area contributed by atoms with Crippen LogP contribution >= 0.6 is 0 Å². The van der Waals surface area contributed by atoms with Crippen molar-refractivity contribution in [1.82, 2.24) is 4.72 Å². The molecule has 66 valence electrons. The van der Waals surface area contributed by atoms with Crippen LogP contribution in [0.25, 0.3) is 0 Å². The molecule has 2 N–H and O–H groups in total. The Balaban J connectivity index is 2.46. The molecule has 4 heteroatoms. The van der Waals surface area contributed by atoms with Gasteiger partial charge in [-0.15, -0.1) is 0 Å². The topological polar surface area (TPSA) is 53.0 Å². The molecule has 0 aliphatic heterocycles. The zero-order valence-corrected chi connectivity index (χ0v) is 7.91. The molecule has 1 aliphatic carbocycles. The first-order valence-corrected chi connectivity index (χ1v) is 5.69. The lowest BCUT2D eigenvalue weighted by Gasteiger charge is -2.28. The lowest BCUT2D eigenvalue weighted by Crippen LogP contribution is -2.41. The maximum absolute atomic E-state index is 11.4. The average Bonchev–Trinajstić information content (AvgIpc) is 1.79. The van der Waals surface area contributed by atoms with Gasteiger partial charge in [-0.3, -0.25) is 0 Å². The quantitative estimate of drug-likeness (QED) is 0.672. The molecule has 0 bridgehead atoms. The lowest BCUT2D eigenvalue weighted by atomic mass is 9.94. The summed E-state index contributed by atoms with van der Waals surface area (Å²) in [6.07, 6.45) is 3.39. The Morgan fingerprint density at radius 3 is 2.36 bits per heavy atom. The minimum absolute atomic E-state index is 0.0805. The van der Waals surface area contributed by atoms with Gasteiger partial charge in [0.1, 0.15) is 9.92 Å². The summed E-state index contributed by atoms with van der Waals surface area (Å²) in [5, 5.41) is -0.0805. The molecule has 1 saturated carbocycles. The Morgan fingerprint density at radius 2 is 2.09 bits per heavy atom. The lowest BCUT2D eigenvalue weighted by molar-refractivity contribution is 0.388. The highest BCUT2D eigenvalue weighted by molar-refractivity contribution is 7.91. The van der Waals surface area contributed by atoms with Gasteiger partial charge < -0.3 is 0 Å². The van der Waals surface area contributed by atoms with Crippen LogP contribution in [0.2, 0.25) is 0 Å². The van der Waals surface area contributed by atoms with E-state index in [1.165, 1.54) is 6.42 Å². The first kappa shape index (κ1) is 9.00. The predicted octanol–water partition coefficient (Wildman–Crippen LogP) is 1.50. The highest BCUT2D eigenvalue weighted by atomic mass is 32.2. The van der Waals surface area contributed by atoms with Crippen LogP contribution in [0.15, 0.2) is 0 Å². The molecule has 1 rings (SSSR count). The van der Waals surface area contributed by atoms with E-state index in [1.807, 2.05) is 13.8 Å². The summed E-state index contributed by atoms with van der Waals surface area (Å²) in [6, 6.07) is 0.349. The van der Waals surface area contributed by atoms with Crippen molar-refractivity contribution in [3.8, 4) is 0 Å². The molecule has 1 fully saturated rings. The second-order valence-corrected chi connectivity index (χ2v) is 5.77. The van der Waals surface area contributed by atoms with Gasteiger partial charge in [-0.25, -0.2) is 13.7 Å². The number of nitrogens with one attached hydrogen (secondary N) is 2. The van der Waals surface area contributed by atoms with E-state index < -0.39 is 9.92 Å². The molecular weight excluding hydrogens is 160 g/mol. The first-order chi connectivity index (χ1) is 5.02. The summed E-state index contributed by atoms with van der Waals surface area (Å²) in [6.45, 7) is 3.64. The smallest absolute Gasteiger partial charge is 0.107 e. The van der Waals surface area contributed by atoms with E-state index in [2.05, 4.69) is 4.72 Å². The standard InChI is InChI=1S/C7H16N2OS/c1-6(2)11(8,10)9-7-4-3-5-7/h6-7H,3-5H2,1-2H3,(H2,8,9,10). The van der Waals surface area contributed by atoms with E-state index in [4.69, 9.17) is 4.78 Å². The van der Waals surface area contributed by atoms with E-state index in [1.54, 1.807) is 0 Å². The van der Waals surface area contributed by atoms with Gasteiger partial charge in [0, 0.05) is 6.04 Å². The van der Waals surface area contributed by atoms with Gasteiger partial charge >= 0.3 is 0 Å². The van der Waals surface area contributed by atoms with Gasteiger partial charge in [0.05, 0.1) is 5.25 Å². The maximum Gasteiger partial charge on any atom is 0.107 e. The van der Waals surface area contributed by atoms with Crippen LogP contribution in [-0.4, -0.2) is 15.5 Å². The van der Waals surface area contributed by atoms with Crippen LogP contribution in [0, 0.1) is 4.78 Å². The van der Waals surface area contributed by atoms with E-state index in [9.17, 15) is 4.21 Å². The van der Waals surface area contributed by atoms with Crippen molar-refractivity contribution >= 4 is 9.92 Å². The number of hydrogen-bond acceptors (Lipinski definition) is 2. The number of rotatable bonds is 3. The molecule has 3 nitrogen and oxygen atoms in total. The number of hydrogen-bond donors (Lipinski definition) is 2. The minimum Gasteiger partial charge on any atom is -0.240 e. The summed E-state index contributed by atoms with van der Waals surface area (Å²) >= 11 is 0. The monoisotopic (exact) mass is 176 g/mol. The van der Waals surface area contributed by atoms with Crippen molar-refractivity contribution in [2.75, 3.05) is 0 Å². The molecule has 0 spiro atoms. The van der Waals surface area contributed by atoms with Gasteiger partial charge in [0.15, 0.2) is 0 Å². The molecule has 0 heterocycles. The molecule has 0 aromatic carbocycles. The van der Waals surface area contributed by atoms with Gasteiger partial charge in [-0.05, 0) is 26.7 Å². The third kappa shape index (κ3) is 2.17. The molecule has 1 atom stereocenters. The molecule has 11 heavy (non-hydrogen) atoms. The van der Waals surface area contributed by atoms with Crippen LogP contribution in [0.1, 0.15) is 33.1 Å². The second-order valence-electron chi connectivity index (χ2n) is 3.40. The van der Waals surface area contributed by atoms with Crippen LogP contribution in [-0.2, 0) is 9.92 Å². The molecule has 0 saturated heterocycles. The van der Waals surface area contributed by atoms with Crippen molar-refractivity contribution in [2.45, 2.75) is 44.4 Å². The summed E-state index contributed by atoms with van der Waals surface area (Å²) in [5.74, 6) is 0. The molecular formula is C7H16N2OS. The van der Waals surface area contributed by atoms with Crippen molar-refractivity contribution in [1.29, 1.82) is 4.78 Å². The van der Waals surface area contributed by atoms with E-state index in [0.717, 1.165) is 12.8 Å². The predicted molar refractivity (Wildman–Crippen MR) is 46.8 cm³/mol. The molecule has 0 amide bonds. The van der Waals surface area contributed by atoms with Crippen LogP contribution in [0.4, 0.5) is 0 Å². The molecule has 1 aliphatic rings. The highest BCUT2D eigenvalue weighted by Crippen LogP contribution is 2.19. The summed E-state index contributed by atoms with van der Waals surface area (Å²) in [5.41, 5.74) is 0. The highest BCUT2D eigenvalue weighted by Gasteiger charge is 2.22. The van der Waals surface area contributed by atoms with Crippen molar-refractivity contribution < 1.29 is 4.21 Å². The van der Waals surface area contributed by atoms with Crippen LogP contribution in [0.3, 0.4) is 0 Å². The van der Waals surface area contributed by atoms with Gasteiger partial charge in [-0.1, -0.05) is 6.42 Å². The largest absolute Gasteiger partial charge is 0.240 e. The SMILES string of the molecule is CC(C)S(=N)(=O)NC1CCC1. The fourth-order valence-electron chi connectivity index (χ4n) is 0.910. The van der Waals surface area contributed by atoms with Crippen LogP contribution in [0.5, 0.6) is 0 Å². The molecule has 0 radical (unpaired) electrons. The summed E-state index contributed by atoms with van der Waals surface area (Å²) < 4.78 is 21.8. The Morgan fingerprint density at radius 1 is 1.55 bits per heavy atom. The third-order valence-electron chi connectivity index (χ3n) is 2.11. The van der Waals surface area contributed by atoms with Gasteiger partial charge in [0.2, 0.25) is 0 Å². The fourth-order valence-corrected chi connectivity index (χ4v) is 1.91. The summed E-state index contributed by atoms with van der Waals surface area (Å²) in [7, 11) is -2.51. The van der Waals surface area contributed by atoms with Gasteiger partial charge in [0.25, 0.3) is 0 Å². The van der Waals surface area contributed by atoms with Crippen LogP contribution < -0.4 is 4.72 Å². The van der Waals surface area contributed by atoms with Crippen molar-refractivity contribution in [3.63, 3.8) is 0 Å². The van der Waals surface area contributed by atoms with Crippen molar-refractivity contribution in [3.05, 3.63) is 0 Å². The maximum atomic E-state index is 11.4. The second kappa shape index (κ2) is 3.11. The average molecular weight is 176 g/mol. The molecule has 0 aromatic heterocycles. The molecule has 1 unspecified atom stereocenters. The van der Waals surface area contributed by atoms with E-state index in [-0.39, 0.29) is 5.25 Å². The van der Waals surface area contributed by atoms with E-state index >= 15 is 0 Å². The third-order valence-corrected chi connectivity index (χ3v) is 4.12. The zero-order chi connectivity index (χ0) is 8.48. The Bertz CT molecular complexity index is 217. The van der Waals surface area contributed by atoms with E-state index in [0.29, 0.717) is 6.04 Å². The summed E-state index contributed by atoms with van der Waals surface area (Å²) in [4.78, 5) is 0. The Labute approximate surface area is 68.7 Å². The van der Waals surface area contributed by atoms with Gasteiger partial charge in [-0.2, -0.15) is 0 Å².